The third kappa shape index (κ3) is 29.5. The molecule has 16 nitrogen and oxygen atoms in total. The van der Waals surface area contributed by atoms with Crippen molar-refractivity contribution in [2.75, 3.05) is 6.54 Å². The number of ether oxygens (including phenoxy) is 1. The average molecular weight is 902 g/mol. The van der Waals surface area contributed by atoms with Crippen molar-refractivity contribution in [2.45, 2.75) is 204 Å². The average Bonchev–Trinajstić information content (AvgIpc) is 3.56. The molecule has 0 radical (unpaired) electrons. The molecule has 0 aromatic carbocycles. The van der Waals surface area contributed by atoms with Gasteiger partial charge in [0.1, 0.15) is 30.5 Å². The molecule has 318 valence electrons. The Hall–Kier alpha value is 1.55. The number of carbonyl (C=O) groups is 2. The fourth-order valence-electron chi connectivity index (χ4n) is 7.43. The molecule has 1 amide bonds. The predicted molar refractivity (Wildman–Crippen MR) is 195 cm³/mol. The SMILES string of the molecule is CCC[C@H]1CCCCCCCCC[C@H](OS(=O)(=O)[O-])C(OS(=O)(=O)[O-])[C@@H](OS(=O)(=O)[O-])CCCCCCCCCCCCCC(=O)N2CCC[C@H]2C(=O)O1.[Na+].[Na+].[Na+]. The van der Waals surface area contributed by atoms with Gasteiger partial charge in [-0.25, -0.2) is 30.0 Å². The van der Waals surface area contributed by atoms with Crippen LogP contribution in [0.5, 0.6) is 0 Å². The Bertz CT molecular complexity index is 1430. The zero-order valence-corrected chi connectivity index (χ0v) is 43.2. The van der Waals surface area contributed by atoms with Gasteiger partial charge in [-0.3, -0.25) is 17.3 Å². The van der Waals surface area contributed by atoms with Crippen molar-refractivity contribution >= 4 is 43.1 Å². The molecule has 22 heteroatoms. The zero-order valence-electron chi connectivity index (χ0n) is 34.8. The van der Waals surface area contributed by atoms with Gasteiger partial charge in [0.15, 0.2) is 0 Å². The minimum atomic E-state index is -5.60. The van der Waals surface area contributed by atoms with Crippen molar-refractivity contribution in [3.63, 3.8) is 0 Å². The third-order valence-electron chi connectivity index (χ3n) is 10.1. The summed E-state index contributed by atoms with van der Waals surface area (Å²) in [7, 11) is -16.6. The molecule has 0 saturated carbocycles. The number of fused-ring (bicyclic) bond motifs is 1. The van der Waals surface area contributed by atoms with Gasteiger partial charge in [-0.1, -0.05) is 116 Å². The van der Waals surface area contributed by atoms with E-state index in [0.717, 1.165) is 96.3 Å². The molecule has 0 bridgehead atoms. The number of hydrogen-bond acceptors (Lipinski definition) is 15. The molecule has 0 aromatic heterocycles. The first kappa shape index (κ1) is 60.6. The van der Waals surface area contributed by atoms with Crippen molar-refractivity contribution < 1.29 is 154 Å². The van der Waals surface area contributed by atoms with Crippen LogP contribution in [-0.4, -0.2) is 92.7 Å². The second-order valence-electron chi connectivity index (χ2n) is 14.6. The standard InChI is InChI=1S/C35H65NO15S3.3Na/c1-2-22-29-23-17-13-9-8-11-15-19-26-32(50-53(42,43)44)34(51-54(45,46)47)31(49-52(39,40)41)25-18-14-10-6-4-3-5-7-12-16-20-27-33(37)36-28-21-24-30(36)35(38)48-29;;;/h29-32,34H,2-28H2,1H3,(H,39,40,41)(H,42,43,44)(H,45,46,47);;;/q;3*+1/p-3/t29-,30-,31-,32-,34?;;;/m0.../s1. The van der Waals surface area contributed by atoms with E-state index in [1.54, 1.807) is 4.90 Å². The number of hydrogen-bond donors (Lipinski definition) is 0. The second kappa shape index (κ2) is 33.1. The van der Waals surface area contributed by atoms with E-state index in [-0.39, 0.29) is 132 Å². The fourth-order valence-corrected chi connectivity index (χ4v) is 8.97. The molecule has 0 spiro atoms. The molecule has 2 heterocycles. The number of nitrogens with zero attached hydrogens (tertiary/aromatic N) is 1. The Morgan fingerprint density at radius 1 is 0.561 bits per heavy atom. The first-order valence-corrected chi connectivity index (χ1v) is 23.9. The number of amides is 1. The molecule has 5 atom stereocenters. The van der Waals surface area contributed by atoms with E-state index in [0.29, 0.717) is 51.5 Å². The summed E-state index contributed by atoms with van der Waals surface area (Å²) in [6.45, 7) is 2.60. The summed E-state index contributed by atoms with van der Waals surface area (Å²) in [6, 6.07) is -0.523. The molecule has 0 aromatic rings. The molecule has 0 N–H and O–H groups in total. The van der Waals surface area contributed by atoms with Gasteiger partial charge in [-0.05, 0) is 51.4 Å². The van der Waals surface area contributed by atoms with E-state index in [4.69, 9.17) is 4.74 Å². The Balaban J connectivity index is 0. The van der Waals surface area contributed by atoms with E-state index in [1.165, 1.54) is 0 Å². The molecule has 2 aliphatic rings. The van der Waals surface area contributed by atoms with Crippen LogP contribution >= 0.6 is 0 Å². The summed E-state index contributed by atoms with van der Waals surface area (Å²) in [5.74, 6) is -0.309. The summed E-state index contributed by atoms with van der Waals surface area (Å²) in [5.41, 5.74) is 0. The fraction of sp³-hybridized carbons (Fsp3) is 0.943. The van der Waals surface area contributed by atoms with Gasteiger partial charge in [0.2, 0.25) is 37.1 Å². The molecule has 2 saturated heterocycles. The van der Waals surface area contributed by atoms with Gasteiger partial charge in [0.05, 0.1) is 0 Å². The first-order chi connectivity index (χ1) is 25.5. The van der Waals surface area contributed by atoms with Crippen LogP contribution in [0.25, 0.3) is 0 Å². The van der Waals surface area contributed by atoms with Crippen molar-refractivity contribution in [3.05, 3.63) is 0 Å². The van der Waals surface area contributed by atoms with Gasteiger partial charge in [-0.2, -0.15) is 0 Å². The number of esters is 1. The van der Waals surface area contributed by atoms with Crippen molar-refractivity contribution in [3.8, 4) is 0 Å². The van der Waals surface area contributed by atoms with E-state index < -0.39 is 55.6 Å². The Morgan fingerprint density at radius 2 is 0.947 bits per heavy atom. The maximum atomic E-state index is 13.2. The topological polar surface area (TPSA) is 246 Å². The smallest absolute Gasteiger partial charge is 0.726 e. The number of rotatable bonds is 8. The van der Waals surface area contributed by atoms with Gasteiger partial charge < -0.3 is 23.3 Å². The van der Waals surface area contributed by atoms with Gasteiger partial charge in [0.25, 0.3) is 0 Å². The molecule has 2 rings (SSSR count). The second-order valence-corrected chi connectivity index (χ2v) is 17.7. The maximum Gasteiger partial charge on any atom is 1.00 e. The summed E-state index contributed by atoms with van der Waals surface area (Å²) >= 11 is 0. The van der Waals surface area contributed by atoms with Crippen LogP contribution in [0, 0.1) is 0 Å². The largest absolute Gasteiger partial charge is 1.00 e. The summed E-state index contributed by atoms with van der Waals surface area (Å²) in [4.78, 5) is 27.9. The van der Waals surface area contributed by atoms with Gasteiger partial charge in [0, 0.05) is 13.0 Å². The van der Waals surface area contributed by atoms with Crippen LogP contribution in [0.3, 0.4) is 0 Å². The summed E-state index contributed by atoms with van der Waals surface area (Å²) in [5, 5.41) is 0. The maximum absolute atomic E-state index is 13.2. The van der Waals surface area contributed by atoms with Crippen LogP contribution in [0.1, 0.15) is 174 Å². The number of cyclic esters (lactones) is 1. The number of carbonyl (C=O) groups excluding carboxylic acids is 2. The molecular weight excluding hydrogens is 840 g/mol. The molecule has 57 heavy (non-hydrogen) atoms. The van der Waals surface area contributed by atoms with Crippen LogP contribution in [0.2, 0.25) is 0 Å². The molecule has 2 fully saturated rings. The van der Waals surface area contributed by atoms with E-state index in [1.807, 2.05) is 6.92 Å². The van der Waals surface area contributed by atoms with Crippen LogP contribution in [0.15, 0.2) is 0 Å². The Morgan fingerprint density at radius 3 is 1.35 bits per heavy atom. The van der Waals surface area contributed by atoms with E-state index in [2.05, 4.69) is 12.5 Å². The van der Waals surface area contributed by atoms with Crippen molar-refractivity contribution in [1.82, 2.24) is 4.90 Å². The van der Waals surface area contributed by atoms with Crippen LogP contribution in [0.4, 0.5) is 0 Å². The molecule has 1 unspecified atom stereocenters. The minimum Gasteiger partial charge on any atom is -0.726 e. The van der Waals surface area contributed by atoms with Gasteiger partial charge in [-0.15, -0.1) is 0 Å². The zero-order chi connectivity index (χ0) is 40.0. The summed E-state index contributed by atoms with van der Waals surface area (Å²) in [6.07, 6.45) is 10.7. The van der Waals surface area contributed by atoms with Crippen molar-refractivity contribution in [1.29, 1.82) is 0 Å². The predicted octanol–water partition coefficient (Wildman–Crippen LogP) is -3.17. The molecule has 0 aliphatic carbocycles. The van der Waals surface area contributed by atoms with E-state index in [9.17, 15) is 48.5 Å². The minimum absolute atomic E-state index is 0. The van der Waals surface area contributed by atoms with Gasteiger partial charge >= 0.3 is 94.6 Å². The Kier molecular flexibility index (Phi) is 35.2. The Labute approximate surface area is 408 Å². The monoisotopic (exact) mass is 901 g/mol. The van der Waals surface area contributed by atoms with Crippen LogP contribution < -0.4 is 88.7 Å². The van der Waals surface area contributed by atoms with Crippen LogP contribution in [-0.2, 0) is 58.1 Å². The quantitative estimate of drug-likeness (QED) is 0.101. The first-order valence-electron chi connectivity index (χ1n) is 19.9. The van der Waals surface area contributed by atoms with E-state index >= 15 is 0 Å². The molecular formula is C35H62NNa3O15S3. The third-order valence-corrected chi connectivity index (χ3v) is 11.5. The normalized spacial score (nSPS) is 26.2. The van der Waals surface area contributed by atoms with Crippen molar-refractivity contribution in [2.24, 2.45) is 0 Å². The molecule has 2 aliphatic heterocycles. The summed E-state index contributed by atoms with van der Waals surface area (Å²) < 4.78 is 124.